The van der Waals surface area contributed by atoms with E-state index < -0.39 is 0 Å². The van der Waals surface area contributed by atoms with Crippen molar-refractivity contribution in [2.75, 3.05) is 0 Å². The Morgan fingerprint density at radius 1 is 1.62 bits per heavy atom. The first-order chi connectivity index (χ1) is 6.36. The lowest BCUT2D eigenvalue weighted by Crippen LogP contribution is -2.27. The largest absolute Gasteiger partial charge is 0.451 e. The van der Waals surface area contributed by atoms with Crippen molar-refractivity contribution in [3.63, 3.8) is 0 Å². The topological polar surface area (TPSA) is 41.6 Å². The second-order valence-corrected chi connectivity index (χ2v) is 2.92. The van der Waals surface area contributed by atoms with E-state index in [9.17, 15) is 0 Å². The summed E-state index contributed by atoms with van der Waals surface area (Å²) in [5.74, 6) is 0. The van der Waals surface area contributed by atoms with Crippen LogP contribution in [0.4, 0.5) is 0 Å². The number of oxazole rings is 1. The highest BCUT2D eigenvalue weighted by Gasteiger charge is 2.11. The van der Waals surface area contributed by atoms with Crippen LogP contribution in [0.25, 0.3) is 0 Å². The SMILES string of the molecule is CC1N=CC=CN1Cc1cocn1. The Morgan fingerprint density at radius 3 is 3.23 bits per heavy atom. The molecule has 0 aromatic carbocycles. The van der Waals surface area contributed by atoms with Gasteiger partial charge in [0, 0.05) is 12.4 Å². The molecule has 0 spiro atoms. The number of allylic oxidation sites excluding steroid dienone is 1. The molecule has 1 unspecified atom stereocenters. The third-order valence-electron chi connectivity index (χ3n) is 1.97. The van der Waals surface area contributed by atoms with Gasteiger partial charge >= 0.3 is 0 Å². The van der Waals surface area contributed by atoms with E-state index in [0.717, 1.165) is 12.2 Å². The van der Waals surface area contributed by atoms with Gasteiger partial charge in [-0.3, -0.25) is 4.99 Å². The van der Waals surface area contributed by atoms with E-state index >= 15 is 0 Å². The molecule has 2 heterocycles. The molecule has 68 valence electrons. The molecular weight excluding hydrogens is 166 g/mol. The summed E-state index contributed by atoms with van der Waals surface area (Å²) >= 11 is 0. The molecule has 0 radical (unpaired) electrons. The minimum atomic E-state index is 0.182. The van der Waals surface area contributed by atoms with E-state index in [1.807, 2.05) is 25.4 Å². The number of hydrogen-bond donors (Lipinski definition) is 0. The van der Waals surface area contributed by atoms with E-state index in [1.165, 1.54) is 6.39 Å². The Balaban J connectivity index is 2.03. The Bertz CT molecular complexity index is 316. The number of aromatic nitrogens is 1. The first kappa shape index (κ1) is 8.04. The third kappa shape index (κ3) is 1.77. The van der Waals surface area contributed by atoms with Gasteiger partial charge in [-0.1, -0.05) is 0 Å². The van der Waals surface area contributed by atoms with E-state index in [1.54, 1.807) is 6.26 Å². The summed E-state index contributed by atoms with van der Waals surface area (Å²) in [5.41, 5.74) is 0.925. The fourth-order valence-corrected chi connectivity index (χ4v) is 1.22. The predicted molar refractivity (Wildman–Crippen MR) is 49.1 cm³/mol. The molecule has 13 heavy (non-hydrogen) atoms. The fraction of sp³-hybridized carbons (Fsp3) is 0.333. The van der Waals surface area contributed by atoms with Crippen LogP contribution in [0.1, 0.15) is 12.6 Å². The van der Waals surface area contributed by atoms with Crippen LogP contribution in [0, 0.1) is 0 Å². The van der Waals surface area contributed by atoms with Crippen molar-refractivity contribution in [1.82, 2.24) is 9.88 Å². The van der Waals surface area contributed by atoms with Gasteiger partial charge < -0.3 is 9.32 Å². The van der Waals surface area contributed by atoms with E-state index in [-0.39, 0.29) is 6.17 Å². The predicted octanol–water partition coefficient (Wildman–Crippen LogP) is 1.42. The minimum Gasteiger partial charge on any atom is -0.451 e. The van der Waals surface area contributed by atoms with Crippen LogP contribution in [0.15, 0.2) is 34.3 Å². The molecule has 0 N–H and O–H groups in total. The lowest BCUT2D eigenvalue weighted by molar-refractivity contribution is 0.288. The van der Waals surface area contributed by atoms with E-state index in [2.05, 4.69) is 14.9 Å². The maximum Gasteiger partial charge on any atom is 0.180 e. The monoisotopic (exact) mass is 177 g/mol. The zero-order valence-electron chi connectivity index (χ0n) is 7.42. The first-order valence-electron chi connectivity index (χ1n) is 4.19. The molecule has 1 aromatic heterocycles. The van der Waals surface area contributed by atoms with Crippen LogP contribution in [0.3, 0.4) is 0 Å². The summed E-state index contributed by atoms with van der Waals surface area (Å²) < 4.78 is 4.89. The van der Waals surface area contributed by atoms with Crippen LogP contribution < -0.4 is 0 Å². The lowest BCUT2D eigenvalue weighted by Gasteiger charge is -2.25. The summed E-state index contributed by atoms with van der Waals surface area (Å²) in [7, 11) is 0. The minimum absolute atomic E-state index is 0.182. The van der Waals surface area contributed by atoms with Crippen LogP contribution in [-0.2, 0) is 6.54 Å². The molecular formula is C9H11N3O. The van der Waals surface area contributed by atoms with Crippen molar-refractivity contribution in [1.29, 1.82) is 0 Å². The van der Waals surface area contributed by atoms with Gasteiger partial charge in [-0.2, -0.15) is 0 Å². The maximum absolute atomic E-state index is 4.89. The highest BCUT2D eigenvalue weighted by atomic mass is 16.3. The molecule has 0 bridgehead atoms. The summed E-state index contributed by atoms with van der Waals surface area (Å²) in [5, 5.41) is 0. The second kappa shape index (κ2) is 3.43. The molecule has 1 atom stereocenters. The lowest BCUT2D eigenvalue weighted by atomic mass is 10.3. The van der Waals surface area contributed by atoms with E-state index in [0.29, 0.717) is 0 Å². The van der Waals surface area contributed by atoms with Gasteiger partial charge in [0.2, 0.25) is 0 Å². The highest BCUT2D eigenvalue weighted by molar-refractivity contribution is 5.71. The molecule has 0 saturated heterocycles. The first-order valence-corrected chi connectivity index (χ1v) is 4.19. The standard InChI is InChI=1S/C9H11N3O/c1-8-10-3-2-4-12(8)5-9-6-13-7-11-9/h2-4,6-8H,5H2,1H3. The van der Waals surface area contributed by atoms with Crippen molar-refractivity contribution in [3.8, 4) is 0 Å². The zero-order valence-corrected chi connectivity index (χ0v) is 7.42. The number of nitrogens with zero attached hydrogens (tertiary/aromatic N) is 3. The molecule has 2 rings (SSSR count). The molecule has 1 aromatic rings. The smallest absolute Gasteiger partial charge is 0.180 e. The Hall–Kier alpha value is -1.58. The summed E-state index contributed by atoms with van der Waals surface area (Å²) in [4.78, 5) is 10.4. The van der Waals surface area contributed by atoms with Gasteiger partial charge in [-0.15, -0.1) is 0 Å². The van der Waals surface area contributed by atoms with Crippen LogP contribution >= 0.6 is 0 Å². The Labute approximate surface area is 76.6 Å². The molecule has 1 aliphatic rings. The van der Waals surface area contributed by atoms with Crippen molar-refractivity contribution >= 4 is 6.21 Å². The van der Waals surface area contributed by atoms with Gasteiger partial charge in [-0.05, 0) is 13.0 Å². The van der Waals surface area contributed by atoms with E-state index in [4.69, 9.17) is 4.42 Å². The summed E-state index contributed by atoms with van der Waals surface area (Å²) in [6.45, 7) is 2.78. The van der Waals surface area contributed by atoms with Crippen LogP contribution in [0.2, 0.25) is 0 Å². The molecule has 4 nitrogen and oxygen atoms in total. The highest BCUT2D eigenvalue weighted by Crippen LogP contribution is 2.10. The quantitative estimate of drug-likeness (QED) is 0.686. The third-order valence-corrected chi connectivity index (χ3v) is 1.97. The van der Waals surface area contributed by atoms with Gasteiger partial charge in [0.25, 0.3) is 0 Å². The van der Waals surface area contributed by atoms with Gasteiger partial charge in [0.15, 0.2) is 6.39 Å². The van der Waals surface area contributed by atoms with Gasteiger partial charge in [0.1, 0.15) is 12.4 Å². The van der Waals surface area contributed by atoms with Crippen molar-refractivity contribution in [3.05, 3.63) is 30.6 Å². The molecule has 4 heteroatoms. The van der Waals surface area contributed by atoms with Crippen molar-refractivity contribution in [2.45, 2.75) is 19.6 Å². The van der Waals surface area contributed by atoms with Gasteiger partial charge in [-0.25, -0.2) is 4.98 Å². The number of hydrogen-bond acceptors (Lipinski definition) is 4. The number of rotatable bonds is 2. The molecule has 0 fully saturated rings. The van der Waals surface area contributed by atoms with Gasteiger partial charge in [0.05, 0.1) is 12.2 Å². The van der Waals surface area contributed by atoms with Crippen molar-refractivity contribution < 1.29 is 4.42 Å². The zero-order chi connectivity index (χ0) is 9.10. The normalized spacial score (nSPS) is 21.0. The number of aliphatic imine (C=N–C) groups is 1. The van der Waals surface area contributed by atoms with Crippen molar-refractivity contribution in [2.24, 2.45) is 4.99 Å². The average Bonchev–Trinajstić information content (AvgIpc) is 2.61. The Kier molecular flexibility index (Phi) is 2.12. The molecule has 0 saturated carbocycles. The molecule has 0 amide bonds. The summed E-state index contributed by atoms with van der Waals surface area (Å²) in [6.07, 6.45) is 9.01. The Morgan fingerprint density at radius 2 is 2.54 bits per heavy atom. The fourth-order valence-electron chi connectivity index (χ4n) is 1.22. The second-order valence-electron chi connectivity index (χ2n) is 2.92. The summed E-state index contributed by atoms with van der Waals surface area (Å²) in [6, 6.07) is 0. The average molecular weight is 177 g/mol. The maximum atomic E-state index is 4.89. The molecule has 0 aliphatic carbocycles. The van der Waals surface area contributed by atoms with Crippen LogP contribution in [0.5, 0.6) is 0 Å². The molecule has 1 aliphatic heterocycles. The van der Waals surface area contributed by atoms with Crippen LogP contribution in [-0.4, -0.2) is 22.3 Å².